The van der Waals surface area contributed by atoms with E-state index in [2.05, 4.69) is 5.32 Å². The molecule has 2 rings (SSSR count). The number of carbonyl (C=O) groups excluding carboxylic acids is 1. The summed E-state index contributed by atoms with van der Waals surface area (Å²) in [5, 5.41) is 4.65. The van der Waals surface area contributed by atoms with Gasteiger partial charge in [0.1, 0.15) is 5.75 Å². The number of ether oxygens (including phenoxy) is 1. The Morgan fingerprint density at radius 3 is 3.00 bits per heavy atom. The van der Waals surface area contributed by atoms with Crippen LogP contribution in [0.15, 0.2) is 18.2 Å². The van der Waals surface area contributed by atoms with Crippen LogP contribution < -0.4 is 15.8 Å². The summed E-state index contributed by atoms with van der Waals surface area (Å²) in [7, 11) is 1.58. The number of hydroxylamine groups is 2. The molecule has 1 saturated heterocycles. The van der Waals surface area contributed by atoms with E-state index in [1.807, 2.05) is 5.06 Å². The molecule has 0 aromatic heterocycles. The van der Waals surface area contributed by atoms with Crippen LogP contribution in [-0.4, -0.2) is 37.8 Å². The summed E-state index contributed by atoms with van der Waals surface area (Å²) in [5.74, 6) is 0.596. The fourth-order valence-corrected chi connectivity index (χ4v) is 2.05. The van der Waals surface area contributed by atoms with Gasteiger partial charge in [0.15, 0.2) is 0 Å². The Morgan fingerprint density at radius 2 is 2.35 bits per heavy atom. The van der Waals surface area contributed by atoms with E-state index in [0.29, 0.717) is 30.1 Å². The summed E-state index contributed by atoms with van der Waals surface area (Å²) in [6.07, 6.45) is 2.59. The second-order valence-electron chi connectivity index (χ2n) is 4.72. The normalized spacial score (nSPS) is 15.8. The number of anilines is 2. The van der Waals surface area contributed by atoms with Crippen molar-refractivity contribution < 1.29 is 14.4 Å². The summed E-state index contributed by atoms with van der Waals surface area (Å²) in [6.45, 7) is 2.23. The zero-order valence-electron chi connectivity index (χ0n) is 11.7. The molecule has 1 aliphatic heterocycles. The monoisotopic (exact) mass is 279 g/mol. The Labute approximate surface area is 118 Å². The minimum Gasteiger partial charge on any atom is -0.497 e. The van der Waals surface area contributed by atoms with Crippen molar-refractivity contribution in [3.8, 4) is 5.75 Å². The number of benzene rings is 1. The lowest BCUT2D eigenvalue weighted by atomic mass is 10.2. The fraction of sp³-hybridized carbons (Fsp3) is 0.500. The van der Waals surface area contributed by atoms with Gasteiger partial charge in [0, 0.05) is 25.6 Å². The van der Waals surface area contributed by atoms with Crippen molar-refractivity contribution >= 4 is 17.3 Å². The van der Waals surface area contributed by atoms with Gasteiger partial charge in [0.05, 0.1) is 25.1 Å². The second kappa shape index (κ2) is 7.12. The van der Waals surface area contributed by atoms with Crippen LogP contribution in [0.3, 0.4) is 0 Å². The molecule has 0 spiro atoms. The maximum Gasteiger partial charge on any atom is 0.225 e. The van der Waals surface area contributed by atoms with Crippen LogP contribution in [0.4, 0.5) is 11.4 Å². The lowest BCUT2D eigenvalue weighted by Crippen LogP contribution is -2.32. The summed E-state index contributed by atoms with van der Waals surface area (Å²) >= 11 is 0. The van der Waals surface area contributed by atoms with Gasteiger partial charge in [-0.2, -0.15) is 5.06 Å². The van der Waals surface area contributed by atoms with Crippen molar-refractivity contribution in [1.82, 2.24) is 5.06 Å². The van der Waals surface area contributed by atoms with Gasteiger partial charge in [-0.1, -0.05) is 0 Å². The Hall–Kier alpha value is -1.79. The van der Waals surface area contributed by atoms with Crippen molar-refractivity contribution in [2.24, 2.45) is 0 Å². The molecule has 1 aromatic rings. The molecular weight excluding hydrogens is 258 g/mol. The average Bonchev–Trinajstić information content (AvgIpc) is 2.48. The van der Waals surface area contributed by atoms with Crippen LogP contribution in [0.5, 0.6) is 5.75 Å². The van der Waals surface area contributed by atoms with Gasteiger partial charge in [-0.3, -0.25) is 9.63 Å². The number of amides is 1. The van der Waals surface area contributed by atoms with Gasteiger partial charge >= 0.3 is 0 Å². The molecule has 1 amide bonds. The maximum absolute atomic E-state index is 11.9. The Morgan fingerprint density at radius 1 is 1.50 bits per heavy atom. The zero-order valence-corrected chi connectivity index (χ0v) is 11.7. The number of hydrogen-bond acceptors (Lipinski definition) is 5. The van der Waals surface area contributed by atoms with Crippen molar-refractivity contribution in [3.05, 3.63) is 18.2 Å². The van der Waals surface area contributed by atoms with Crippen LogP contribution in [-0.2, 0) is 9.63 Å². The van der Waals surface area contributed by atoms with Gasteiger partial charge < -0.3 is 15.8 Å². The highest BCUT2D eigenvalue weighted by molar-refractivity contribution is 5.94. The first-order chi connectivity index (χ1) is 9.69. The molecule has 0 aliphatic carbocycles. The first kappa shape index (κ1) is 14.6. The minimum atomic E-state index is -0.0731. The number of nitrogens with zero attached hydrogens (tertiary/aromatic N) is 1. The molecule has 3 N–H and O–H groups in total. The number of nitrogen functional groups attached to an aromatic ring is 1. The van der Waals surface area contributed by atoms with Crippen molar-refractivity contribution in [1.29, 1.82) is 0 Å². The lowest BCUT2D eigenvalue weighted by Gasteiger charge is -2.25. The number of carbonyl (C=O) groups is 1. The lowest BCUT2D eigenvalue weighted by molar-refractivity contribution is -0.181. The molecule has 1 aromatic carbocycles. The molecule has 0 radical (unpaired) electrons. The van der Waals surface area contributed by atoms with Crippen LogP contribution in [0.1, 0.15) is 19.3 Å². The smallest absolute Gasteiger partial charge is 0.225 e. The number of nitrogens with one attached hydrogen (secondary N) is 1. The molecular formula is C14H21N3O3. The molecule has 6 nitrogen and oxygen atoms in total. The molecule has 1 heterocycles. The Bertz CT molecular complexity index is 459. The predicted molar refractivity (Wildman–Crippen MR) is 77.4 cm³/mol. The highest BCUT2D eigenvalue weighted by atomic mass is 16.7. The van der Waals surface area contributed by atoms with E-state index in [4.69, 9.17) is 15.3 Å². The molecule has 0 bridgehead atoms. The summed E-state index contributed by atoms with van der Waals surface area (Å²) in [4.78, 5) is 17.3. The molecule has 1 fully saturated rings. The van der Waals surface area contributed by atoms with Gasteiger partial charge in [0.2, 0.25) is 5.91 Å². The molecule has 0 atom stereocenters. The molecule has 0 unspecified atom stereocenters. The third-order valence-electron chi connectivity index (χ3n) is 3.20. The fourth-order valence-electron chi connectivity index (χ4n) is 2.05. The number of rotatable bonds is 5. The highest BCUT2D eigenvalue weighted by Gasteiger charge is 2.13. The molecule has 6 heteroatoms. The first-order valence-electron chi connectivity index (χ1n) is 6.80. The number of methoxy groups -OCH3 is 1. The van der Waals surface area contributed by atoms with Crippen molar-refractivity contribution in [2.45, 2.75) is 19.3 Å². The SMILES string of the molecule is COc1ccc(NC(=O)CCN2CCCCO2)c(N)c1. The van der Waals surface area contributed by atoms with E-state index < -0.39 is 0 Å². The van der Waals surface area contributed by atoms with Gasteiger partial charge in [-0.05, 0) is 25.0 Å². The van der Waals surface area contributed by atoms with Gasteiger partial charge in [0.25, 0.3) is 0 Å². The Balaban J connectivity index is 1.81. The average molecular weight is 279 g/mol. The zero-order chi connectivity index (χ0) is 14.4. The van der Waals surface area contributed by atoms with Crippen LogP contribution in [0.25, 0.3) is 0 Å². The van der Waals surface area contributed by atoms with Crippen LogP contribution >= 0.6 is 0 Å². The minimum absolute atomic E-state index is 0.0731. The molecule has 20 heavy (non-hydrogen) atoms. The van der Waals surface area contributed by atoms with Gasteiger partial charge in [-0.25, -0.2) is 0 Å². The second-order valence-corrected chi connectivity index (χ2v) is 4.72. The topological polar surface area (TPSA) is 76.8 Å². The van der Waals surface area contributed by atoms with E-state index in [0.717, 1.165) is 26.0 Å². The van der Waals surface area contributed by atoms with Crippen molar-refractivity contribution in [2.75, 3.05) is 37.9 Å². The maximum atomic E-state index is 11.9. The van der Waals surface area contributed by atoms with E-state index in [-0.39, 0.29) is 5.91 Å². The third-order valence-corrected chi connectivity index (χ3v) is 3.20. The first-order valence-corrected chi connectivity index (χ1v) is 6.80. The predicted octanol–water partition coefficient (Wildman–Crippen LogP) is 1.63. The van der Waals surface area contributed by atoms with Crippen LogP contribution in [0, 0.1) is 0 Å². The standard InChI is InChI=1S/C14H21N3O3/c1-19-11-4-5-13(12(15)10-11)16-14(18)6-8-17-7-2-3-9-20-17/h4-5,10H,2-3,6-9,15H2,1H3,(H,16,18). The van der Waals surface area contributed by atoms with E-state index in [1.165, 1.54) is 0 Å². The van der Waals surface area contributed by atoms with E-state index >= 15 is 0 Å². The third kappa shape index (κ3) is 4.11. The summed E-state index contributed by atoms with van der Waals surface area (Å²) in [6, 6.07) is 5.19. The largest absolute Gasteiger partial charge is 0.497 e. The van der Waals surface area contributed by atoms with E-state index in [9.17, 15) is 4.79 Å². The van der Waals surface area contributed by atoms with Gasteiger partial charge in [-0.15, -0.1) is 0 Å². The quantitative estimate of drug-likeness (QED) is 0.801. The van der Waals surface area contributed by atoms with E-state index in [1.54, 1.807) is 25.3 Å². The Kier molecular flexibility index (Phi) is 5.20. The van der Waals surface area contributed by atoms with Crippen LogP contribution in [0.2, 0.25) is 0 Å². The molecule has 0 saturated carbocycles. The number of nitrogens with two attached hydrogens (primary N) is 1. The molecule has 1 aliphatic rings. The summed E-state index contributed by atoms with van der Waals surface area (Å²) < 4.78 is 5.07. The molecule has 110 valence electrons. The summed E-state index contributed by atoms with van der Waals surface area (Å²) in [5.41, 5.74) is 6.95. The number of hydrogen-bond donors (Lipinski definition) is 2. The van der Waals surface area contributed by atoms with Crippen molar-refractivity contribution in [3.63, 3.8) is 0 Å². The highest BCUT2D eigenvalue weighted by Crippen LogP contribution is 2.24.